The molecule has 1 fully saturated rings. The summed E-state index contributed by atoms with van der Waals surface area (Å²) in [5.41, 5.74) is 1.92. The molecule has 0 radical (unpaired) electrons. The van der Waals surface area contributed by atoms with Crippen molar-refractivity contribution in [2.75, 3.05) is 18.4 Å². The highest BCUT2D eigenvalue weighted by Gasteiger charge is 2.28. The molecule has 2 amide bonds. The fraction of sp³-hybridized carbons (Fsp3) is 0.300. The van der Waals surface area contributed by atoms with E-state index in [9.17, 15) is 14.0 Å². The van der Waals surface area contributed by atoms with Crippen LogP contribution in [0, 0.1) is 18.7 Å². The van der Waals surface area contributed by atoms with Crippen LogP contribution >= 0.6 is 0 Å². The summed E-state index contributed by atoms with van der Waals surface area (Å²) in [4.78, 5) is 26.6. The van der Waals surface area contributed by atoms with Crippen molar-refractivity contribution in [2.45, 2.75) is 19.8 Å². The van der Waals surface area contributed by atoms with Crippen LogP contribution in [0.5, 0.6) is 0 Å². The normalized spacial score (nSPS) is 15.0. The van der Waals surface area contributed by atoms with Gasteiger partial charge in [0.1, 0.15) is 5.82 Å². The Morgan fingerprint density at radius 2 is 1.80 bits per heavy atom. The molecule has 0 aliphatic carbocycles. The molecule has 0 saturated carbocycles. The van der Waals surface area contributed by atoms with Crippen LogP contribution in [0.15, 0.2) is 48.5 Å². The number of nitrogens with zero attached hydrogens (tertiary/aromatic N) is 1. The highest BCUT2D eigenvalue weighted by molar-refractivity contribution is 5.95. The van der Waals surface area contributed by atoms with Crippen LogP contribution in [0.1, 0.15) is 28.8 Å². The molecule has 25 heavy (non-hydrogen) atoms. The molecule has 2 aromatic rings. The first-order valence-corrected chi connectivity index (χ1v) is 8.46. The molecule has 0 aromatic heterocycles. The maximum absolute atomic E-state index is 13.6. The van der Waals surface area contributed by atoms with Gasteiger partial charge < -0.3 is 10.2 Å². The highest BCUT2D eigenvalue weighted by Crippen LogP contribution is 2.22. The number of benzene rings is 2. The average molecular weight is 340 g/mol. The largest absolute Gasteiger partial charge is 0.339 e. The fourth-order valence-corrected chi connectivity index (χ4v) is 3.10. The second kappa shape index (κ2) is 7.47. The molecule has 1 saturated heterocycles. The second-order valence-electron chi connectivity index (χ2n) is 6.41. The number of likely N-dealkylation sites (tertiary alicyclic amines) is 1. The summed E-state index contributed by atoms with van der Waals surface area (Å²) in [5, 5.41) is 2.65. The zero-order valence-corrected chi connectivity index (χ0v) is 14.2. The molecule has 5 heteroatoms. The molecule has 4 nitrogen and oxygen atoms in total. The maximum Gasteiger partial charge on any atom is 0.253 e. The maximum atomic E-state index is 13.6. The monoisotopic (exact) mass is 340 g/mol. The van der Waals surface area contributed by atoms with Crippen molar-refractivity contribution >= 4 is 17.5 Å². The van der Waals surface area contributed by atoms with E-state index < -0.39 is 5.82 Å². The van der Waals surface area contributed by atoms with Gasteiger partial charge in [0, 0.05) is 24.6 Å². The van der Waals surface area contributed by atoms with Crippen LogP contribution in [-0.2, 0) is 4.79 Å². The number of rotatable bonds is 3. The smallest absolute Gasteiger partial charge is 0.253 e. The second-order valence-corrected chi connectivity index (χ2v) is 6.41. The predicted octanol–water partition coefficient (Wildman–Crippen LogP) is 3.63. The van der Waals surface area contributed by atoms with Gasteiger partial charge in [-0.2, -0.15) is 0 Å². The Morgan fingerprint density at radius 3 is 2.48 bits per heavy atom. The molecule has 0 spiro atoms. The Hall–Kier alpha value is -2.69. The third-order valence-corrected chi connectivity index (χ3v) is 4.55. The number of hydrogen-bond acceptors (Lipinski definition) is 2. The molecule has 3 rings (SSSR count). The minimum absolute atomic E-state index is 0.00309. The molecule has 130 valence electrons. The summed E-state index contributed by atoms with van der Waals surface area (Å²) in [6.07, 6.45) is 1.16. The van der Waals surface area contributed by atoms with E-state index in [1.807, 2.05) is 31.2 Å². The quantitative estimate of drug-likeness (QED) is 0.928. The molecule has 1 N–H and O–H groups in total. The minimum Gasteiger partial charge on any atom is -0.339 e. The first-order chi connectivity index (χ1) is 12.0. The fourth-order valence-electron chi connectivity index (χ4n) is 3.10. The number of carbonyl (C=O) groups is 2. The van der Waals surface area contributed by atoms with Gasteiger partial charge in [-0.1, -0.05) is 29.8 Å². The summed E-state index contributed by atoms with van der Waals surface area (Å²) in [6.45, 7) is 3.01. The molecular formula is C20H21FN2O2. The number of hydrogen-bond donors (Lipinski definition) is 1. The standard InChI is InChI=1S/C20H21FN2O2/c1-14-5-4-6-16(13-14)20(25)23-11-9-15(10-12-23)19(24)22-18-8-3-2-7-17(18)21/h2-8,13,15H,9-12H2,1H3,(H,22,24). The molecule has 1 heterocycles. The van der Waals surface area contributed by atoms with Crippen LogP contribution in [0.4, 0.5) is 10.1 Å². The number of aryl methyl sites for hydroxylation is 1. The Kier molecular flexibility index (Phi) is 5.12. The van der Waals surface area contributed by atoms with E-state index in [2.05, 4.69) is 5.32 Å². The number of para-hydroxylation sites is 1. The number of halogens is 1. The van der Waals surface area contributed by atoms with Crippen LogP contribution in [0.3, 0.4) is 0 Å². The summed E-state index contributed by atoms with van der Waals surface area (Å²) in [6, 6.07) is 13.6. The number of nitrogens with one attached hydrogen (secondary N) is 1. The summed E-state index contributed by atoms with van der Waals surface area (Å²) in [7, 11) is 0. The Morgan fingerprint density at radius 1 is 1.08 bits per heavy atom. The van der Waals surface area contributed by atoms with Crippen LogP contribution in [0.2, 0.25) is 0 Å². The molecule has 1 aliphatic rings. The van der Waals surface area contributed by atoms with Gasteiger partial charge in [0.05, 0.1) is 5.69 Å². The minimum atomic E-state index is -0.442. The molecule has 0 unspecified atom stereocenters. The first-order valence-electron chi connectivity index (χ1n) is 8.46. The van der Waals surface area contributed by atoms with Crippen LogP contribution in [0.25, 0.3) is 0 Å². The lowest BCUT2D eigenvalue weighted by molar-refractivity contribution is -0.121. The van der Waals surface area contributed by atoms with Crippen molar-refractivity contribution in [3.8, 4) is 0 Å². The van der Waals surface area contributed by atoms with E-state index >= 15 is 0 Å². The van der Waals surface area contributed by atoms with Gasteiger partial charge >= 0.3 is 0 Å². The molecular weight excluding hydrogens is 319 g/mol. The van der Waals surface area contributed by atoms with Gasteiger partial charge in [-0.25, -0.2) is 4.39 Å². The zero-order chi connectivity index (χ0) is 17.8. The van der Waals surface area contributed by atoms with Crippen LogP contribution < -0.4 is 5.32 Å². The molecule has 0 atom stereocenters. The molecule has 2 aromatic carbocycles. The van der Waals surface area contributed by atoms with Crippen molar-refractivity contribution in [3.63, 3.8) is 0 Å². The zero-order valence-electron chi connectivity index (χ0n) is 14.2. The van der Waals surface area contributed by atoms with E-state index in [1.54, 1.807) is 23.1 Å². The van der Waals surface area contributed by atoms with Crippen molar-refractivity contribution in [3.05, 3.63) is 65.5 Å². The van der Waals surface area contributed by atoms with E-state index in [4.69, 9.17) is 0 Å². The van der Waals surface area contributed by atoms with Gasteiger partial charge in [0.15, 0.2) is 0 Å². The topological polar surface area (TPSA) is 49.4 Å². The van der Waals surface area contributed by atoms with Gasteiger partial charge in [-0.05, 0) is 44.0 Å². The number of anilines is 1. The van der Waals surface area contributed by atoms with E-state index in [0.29, 0.717) is 31.5 Å². The van der Waals surface area contributed by atoms with Crippen molar-refractivity contribution in [1.82, 2.24) is 4.90 Å². The number of carbonyl (C=O) groups excluding carboxylic acids is 2. The van der Waals surface area contributed by atoms with Gasteiger partial charge in [-0.15, -0.1) is 0 Å². The average Bonchev–Trinajstić information content (AvgIpc) is 2.63. The first kappa shape index (κ1) is 17.1. The summed E-state index contributed by atoms with van der Waals surface area (Å²) in [5.74, 6) is -0.839. The van der Waals surface area contributed by atoms with Crippen molar-refractivity contribution < 1.29 is 14.0 Å². The van der Waals surface area contributed by atoms with Crippen molar-refractivity contribution in [2.24, 2.45) is 5.92 Å². The van der Waals surface area contributed by atoms with E-state index in [-0.39, 0.29) is 23.4 Å². The third-order valence-electron chi connectivity index (χ3n) is 4.55. The van der Waals surface area contributed by atoms with Gasteiger partial charge in [0.2, 0.25) is 5.91 Å². The van der Waals surface area contributed by atoms with Crippen molar-refractivity contribution in [1.29, 1.82) is 0 Å². The Balaban J connectivity index is 1.57. The lowest BCUT2D eigenvalue weighted by atomic mass is 9.95. The number of amides is 2. The highest BCUT2D eigenvalue weighted by atomic mass is 19.1. The predicted molar refractivity (Wildman–Crippen MR) is 94.8 cm³/mol. The lowest BCUT2D eigenvalue weighted by Gasteiger charge is -2.31. The third kappa shape index (κ3) is 4.05. The summed E-state index contributed by atoms with van der Waals surface area (Å²) < 4.78 is 13.6. The SMILES string of the molecule is Cc1cccc(C(=O)N2CCC(C(=O)Nc3ccccc3F)CC2)c1. The number of piperidine rings is 1. The van der Waals surface area contributed by atoms with Gasteiger partial charge in [-0.3, -0.25) is 9.59 Å². The molecule has 0 bridgehead atoms. The summed E-state index contributed by atoms with van der Waals surface area (Å²) >= 11 is 0. The van der Waals surface area contributed by atoms with Gasteiger partial charge in [0.25, 0.3) is 5.91 Å². The lowest BCUT2D eigenvalue weighted by Crippen LogP contribution is -2.41. The van der Waals surface area contributed by atoms with E-state index in [1.165, 1.54) is 6.07 Å². The Bertz CT molecular complexity index is 783. The molecule has 1 aliphatic heterocycles. The Labute approximate surface area is 146 Å². The van der Waals surface area contributed by atoms with E-state index in [0.717, 1.165) is 5.56 Å². The van der Waals surface area contributed by atoms with Crippen LogP contribution in [-0.4, -0.2) is 29.8 Å².